The normalized spacial score (nSPS) is 18.4. The van der Waals surface area contributed by atoms with Gasteiger partial charge in [-0.1, -0.05) is 50.2 Å². The first-order chi connectivity index (χ1) is 21.5. The number of phenolic OH excluding ortho intramolecular Hbond substituents is 1. The smallest absolute Gasteiger partial charge is 0.255 e. The monoisotopic (exact) mass is 618 g/mol. The van der Waals surface area contributed by atoms with Gasteiger partial charge in [0.1, 0.15) is 29.4 Å². The van der Waals surface area contributed by atoms with Gasteiger partial charge in [-0.05, 0) is 60.4 Å². The molecule has 45 heavy (non-hydrogen) atoms. The van der Waals surface area contributed by atoms with Gasteiger partial charge in [-0.15, -0.1) is 0 Å². The van der Waals surface area contributed by atoms with Gasteiger partial charge in [-0.25, -0.2) is 4.39 Å². The zero-order valence-corrected chi connectivity index (χ0v) is 25.4. The minimum atomic E-state index is -1.09. The number of carbonyl (C=O) groups excluding carboxylic acids is 4. The SMILES string of the molecule is CC(C)(CNC(=O)[C@@H]1CCC(=O)NC(Cc2ccc(O)cc2)C(=O)NCCCOc2ccccc2C(=O)N1)c1ccc(F)cc1. The first-order valence-corrected chi connectivity index (χ1v) is 14.9. The van der Waals surface area contributed by atoms with Crippen LogP contribution in [0.3, 0.4) is 0 Å². The summed E-state index contributed by atoms with van der Waals surface area (Å²) in [7, 11) is 0. The number of hydrogen-bond donors (Lipinski definition) is 5. The van der Waals surface area contributed by atoms with E-state index in [1.165, 1.54) is 24.3 Å². The maximum absolute atomic E-state index is 13.5. The molecular weight excluding hydrogens is 579 g/mol. The van der Waals surface area contributed by atoms with Crippen molar-refractivity contribution < 1.29 is 33.4 Å². The lowest BCUT2D eigenvalue weighted by atomic mass is 9.84. The second kappa shape index (κ2) is 15.2. The number of amides is 4. The average molecular weight is 619 g/mol. The molecule has 4 rings (SSSR count). The van der Waals surface area contributed by atoms with Crippen LogP contribution in [-0.4, -0.2) is 60.5 Å². The Morgan fingerprint density at radius 3 is 2.44 bits per heavy atom. The van der Waals surface area contributed by atoms with Crippen LogP contribution >= 0.6 is 0 Å². The number of phenols is 1. The van der Waals surface area contributed by atoms with E-state index in [1.807, 2.05) is 13.8 Å². The third kappa shape index (κ3) is 9.53. The van der Waals surface area contributed by atoms with E-state index in [-0.39, 0.29) is 62.0 Å². The average Bonchev–Trinajstić information content (AvgIpc) is 3.02. The molecule has 3 aromatic carbocycles. The molecule has 5 N–H and O–H groups in total. The van der Waals surface area contributed by atoms with E-state index in [1.54, 1.807) is 48.5 Å². The second-order valence-corrected chi connectivity index (χ2v) is 11.7. The van der Waals surface area contributed by atoms with E-state index in [2.05, 4.69) is 21.3 Å². The van der Waals surface area contributed by atoms with Crippen LogP contribution < -0.4 is 26.0 Å². The molecule has 0 aliphatic carbocycles. The van der Waals surface area contributed by atoms with Crippen LogP contribution in [0, 0.1) is 5.82 Å². The Morgan fingerprint density at radius 1 is 1.00 bits per heavy atom. The highest BCUT2D eigenvalue weighted by molar-refractivity contribution is 5.99. The van der Waals surface area contributed by atoms with Gasteiger partial charge >= 0.3 is 0 Å². The quantitative estimate of drug-likeness (QED) is 0.287. The molecule has 10 nitrogen and oxygen atoms in total. The first kappa shape index (κ1) is 33.0. The lowest BCUT2D eigenvalue weighted by Gasteiger charge is -2.27. The van der Waals surface area contributed by atoms with Crippen molar-refractivity contribution in [2.45, 2.75) is 57.0 Å². The van der Waals surface area contributed by atoms with Gasteiger partial charge in [0.2, 0.25) is 17.7 Å². The van der Waals surface area contributed by atoms with Gasteiger partial charge in [0.05, 0.1) is 12.2 Å². The van der Waals surface area contributed by atoms with E-state index in [4.69, 9.17) is 4.74 Å². The van der Waals surface area contributed by atoms with E-state index in [0.717, 1.165) is 11.1 Å². The maximum atomic E-state index is 13.5. The molecule has 11 heteroatoms. The number of hydrogen-bond acceptors (Lipinski definition) is 6. The summed E-state index contributed by atoms with van der Waals surface area (Å²) in [5, 5.41) is 20.8. The molecule has 0 bridgehead atoms. The van der Waals surface area contributed by atoms with Crippen LogP contribution in [0.25, 0.3) is 0 Å². The van der Waals surface area contributed by atoms with Crippen molar-refractivity contribution in [2.75, 3.05) is 19.7 Å². The molecule has 2 atom stereocenters. The first-order valence-electron chi connectivity index (χ1n) is 14.9. The Bertz CT molecular complexity index is 1490. The van der Waals surface area contributed by atoms with E-state index in [9.17, 15) is 28.7 Å². The van der Waals surface area contributed by atoms with E-state index < -0.39 is 35.2 Å². The van der Waals surface area contributed by atoms with Crippen molar-refractivity contribution in [3.8, 4) is 11.5 Å². The molecular formula is C34H39FN4O6. The van der Waals surface area contributed by atoms with Crippen molar-refractivity contribution in [1.82, 2.24) is 21.3 Å². The van der Waals surface area contributed by atoms with Gasteiger partial charge < -0.3 is 31.1 Å². The zero-order valence-electron chi connectivity index (χ0n) is 25.4. The fourth-order valence-corrected chi connectivity index (χ4v) is 4.93. The number of halogens is 1. The van der Waals surface area contributed by atoms with Crippen molar-refractivity contribution in [3.63, 3.8) is 0 Å². The van der Waals surface area contributed by atoms with E-state index >= 15 is 0 Å². The highest BCUT2D eigenvalue weighted by Gasteiger charge is 2.28. The van der Waals surface area contributed by atoms with Crippen molar-refractivity contribution in [1.29, 1.82) is 0 Å². The van der Waals surface area contributed by atoms with Gasteiger partial charge in [0.25, 0.3) is 5.91 Å². The third-order valence-electron chi connectivity index (χ3n) is 7.65. The fraction of sp³-hybridized carbons (Fsp3) is 0.353. The topological polar surface area (TPSA) is 146 Å². The van der Waals surface area contributed by atoms with Crippen LogP contribution in [0.1, 0.15) is 54.6 Å². The predicted molar refractivity (Wildman–Crippen MR) is 166 cm³/mol. The summed E-state index contributed by atoms with van der Waals surface area (Å²) in [5.41, 5.74) is 1.22. The second-order valence-electron chi connectivity index (χ2n) is 11.7. The van der Waals surface area contributed by atoms with E-state index in [0.29, 0.717) is 12.2 Å². The Labute approximate surface area is 261 Å². The molecule has 4 amide bonds. The number of benzene rings is 3. The molecule has 0 aromatic heterocycles. The lowest BCUT2D eigenvalue weighted by molar-refractivity contribution is -0.129. The summed E-state index contributed by atoms with van der Waals surface area (Å²) < 4.78 is 19.3. The van der Waals surface area contributed by atoms with Crippen LogP contribution in [0.2, 0.25) is 0 Å². The van der Waals surface area contributed by atoms with Crippen molar-refractivity contribution in [3.05, 3.63) is 95.3 Å². The summed E-state index contributed by atoms with van der Waals surface area (Å²) in [4.78, 5) is 53.1. The largest absolute Gasteiger partial charge is 0.508 e. The Balaban J connectivity index is 1.53. The Kier molecular flexibility index (Phi) is 11.1. The molecule has 0 radical (unpaired) electrons. The van der Waals surface area contributed by atoms with Gasteiger partial charge in [-0.3, -0.25) is 19.2 Å². The number of para-hydroxylation sites is 1. The molecule has 0 fully saturated rings. The predicted octanol–water partition coefficient (Wildman–Crippen LogP) is 3.13. The van der Waals surface area contributed by atoms with Crippen LogP contribution in [0.15, 0.2) is 72.8 Å². The minimum absolute atomic E-state index is 0.0447. The van der Waals surface area contributed by atoms with Crippen LogP contribution in [-0.2, 0) is 26.2 Å². The molecule has 1 heterocycles. The zero-order chi connectivity index (χ0) is 32.4. The Hall–Kier alpha value is -4.93. The number of fused-ring (bicyclic) bond motifs is 1. The molecule has 1 aliphatic heterocycles. The molecule has 0 saturated carbocycles. The number of carbonyl (C=O) groups is 4. The fourth-order valence-electron chi connectivity index (χ4n) is 4.93. The van der Waals surface area contributed by atoms with Crippen LogP contribution in [0.4, 0.5) is 4.39 Å². The summed E-state index contributed by atoms with van der Waals surface area (Å²) in [5.74, 6) is -1.83. The lowest BCUT2D eigenvalue weighted by Crippen LogP contribution is -2.51. The number of rotatable bonds is 6. The third-order valence-corrected chi connectivity index (χ3v) is 7.65. The van der Waals surface area contributed by atoms with Gasteiger partial charge in [0.15, 0.2) is 0 Å². The van der Waals surface area contributed by atoms with Gasteiger partial charge in [0, 0.05) is 31.3 Å². The highest BCUT2D eigenvalue weighted by Crippen LogP contribution is 2.23. The standard InChI is InChI=1S/C34H39FN4O6/c1-34(2,23-10-12-24(35)13-11-23)21-37-32(43)27-16-17-30(41)38-28(20-22-8-14-25(40)15-9-22)33(44)36-18-5-19-45-29-7-4-3-6-26(29)31(42)39-27/h3-4,6-15,27-28,40H,5,16-21H2,1-2H3,(H,36,44)(H,37,43)(H,38,41)(H,39,42)/t27-,28?/m0/s1. The number of ether oxygens (including phenoxy) is 1. The molecule has 1 aliphatic rings. The summed E-state index contributed by atoms with van der Waals surface area (Å²) >= 11 is 0. The summed E-state index contributed by atoms with van der Waals surface area (Å²) in [6.07, 6.45) is 0.422. The van der Waals surface area contributed by atoms with Crippen molar-refractivity contribution in [2.24, 2.45) is 0 Å². The molecule has 238 valence electrons. The maximum Gasteiger partial charge on any atom is 0.255 e. The highest BCUT2D eigenvalue weighted by atomic mass is 19.1. The minimum Gasteiger partial charge on any atom is -0.508 e. The molecule has 0 spiro atoms. The summed E-state index contributed by atoms with van der Waals surface area (Å²) in [6.45, 7) is 4.48. The van der Waals surface area contributed by atoms with Crippen molar-refractivity contribution >= 4 is 23.6 Å². The summed E-state index contributed by atoms with van der Waals surface area (Å²) in [6, 6.07) is 17.0. The molecule has 0 saturated heterocycles. The number of aromatic hydroxyl groups is 1. The van der Waals surface area contributed by atoms with Gasteiger partial charge in [-0.2, -0.15) is 0 Å². The van der Waals surface area contributed by atoms with Crippen LogP contribution in [0.5, 0.6) is 11.5 Å². The number of nitrogens with one attached hydrogen (secondary N) is 4. The molecule has 1 unspecified atom stereocenters. The molecule has 3 aromatic rings. The Morgan fingerprint density at radius 2 is 1.71 bits per heavy atom.